The fraction of sp³-hybridized carbons (Fsp3) is 0.462. The fourth-order valence-electron chi connectivity index (χ4n) is 8.73. The van der Waals surface area contributed by atoms with Gasteiger partial charge in [0, 0.05) is 60.9 Å². The number of pyridine rings is 2. The minimum absolute atomic E-state index is 0. The van der Waals surface area contributed by atoms with E-state index in [0.717, 1.165) is 106 Å². The molecule has 2 saturated carbocycles. The van der Waals surface area contributed by atoms with Crippen molar-refractivity contribution in [1.29, 1.82) is 0 Å². The first-order valence-electron chi connectivity index (χ1n) is 23.2. The van der Waals surface area contributed by atoms with Gasteiger partial charge in [0.15, 0.2) is 0 Å². The van der Waals surface area contributed by atoms with Gasteiger partial charge in [0.2, 0.25) is 0 Å². The molecule has 2 amide bonds. The zero-order valence-electron chi connectivity index (χ0n) is 41.1. The van der Waals surface area contributed by atoms with E-state index in [4.69, 9.17) is 19.4 Å². The Labute approximate surface area is 445 Å². The first kappa shape index (κ1) is 58.6. The van der Waals surface area contributed by atoms with Crippen molar-refractivity contribution >= 4 is 95.3 Å². The summed E-state index contributed by atoms with van der Waals surface area (Å²) in [5, 5.41) is 37.4. The first-order valence-corrected chi connectivity index (χ1v) is 24.9. The number of hydrogen-bond donors (Lipinski definition) is 5. The van der Waals surface area contributed by atoms with E-state index in [9.17, 15) is 29.7 Å². The van der Waals surface area contributed by atoms with Crippen LogP contribution in [-0.2, 0) is 15.1 Å². The maximum atomic E-state index is 12.8. The summed E-state index contributed by atoms with van der Waals surface area (Å²) in [6.07, 6.45) is 10.7. The van der Waals surface area contributed by atoms with Crippen LogP contribution in [0.15, 0.2) is 60.7 Å². The van der Waals surface area contributed by atoms with Crippen molar-refractivity contribution in [2.24, 2.45) is 11.8 Å². The fourth-order valence-corrected chi connectivity index (χ4v) is 11.0. The van der Waals surface area contributed by atoms with Crippen molar-refractivity contribution in [3.63, 3.8) is 0 Å². The number of hydrogen-bond acceptors (Lipinski definition) is 14. The molecule has 14 nitrogen and oxygen atoms in total. The number of anilines is 2. The molecule has 9 rings (SSSR count). The molecular weight excluding hydrogens is 1000 g/mol. The molecule has 0 atom stereocenters. The molecule has 0 spiro atoms. The number of benzene rings is 2. The number of rotatable bonds is 10. The quantitative estimate of drug-likeness (QED) is 0.0539. The number of aliphatic hydroxyl groups is 3. The molecule has 0 unspecified atom stereocenters. The van der Waals surface area contributed by atoms with Crippen molar-refractivity contribution in [2.45, 2.75) is 109 Å². The SMILES string of the molecule is C1CCOC1.COC(=O)c1cc2nc(C3CCC(CO)CC3)sc2cc1NC(=O)c1cccc(C)n1.Cc1cccc(C(=O)Nc2cc3sc(C4CCC(CO)CC4)nc3cc2C(C)(C)O)n1.[Br-].[CH3-].[Mg+2]. The number of ether oxygens (including phenoxy) is 2. The van der Waals surface area contributed by atoms with E-state index in [1.165, 1.54) is 20.0 Å². The van der Waals surface area contributed by atoms with Gasteiger partial charge in [0.1, 0.15) is 11.4 Å². The maximum Gasteiger partial charge on any atom is 2.00 e. The van der Waals surface area contributed by atoms with Crippen LogP contribution in [0, 0.1) is 33.1 Å². The molecule has 5 N–H and O–H groups in total. The van der Waals surface area contributed by atoms with E-state index < -0.39 is 11.6 Å². The third kappa shape index (κ3) is 15.3. The van der Waals surface area contributed by atoms with Crippen molar-refractivity contribution in [3.05, 3.63) is 112 Å². The smallest absolute Gasteiger partial charge is 1.00 e. The molecule has 5 heterocycles. The summed E-state index contributed by atoms with van der Waals surface area (Å²) in [5.41, 5.74) is 4.39. The van der Waals surface area contributed by atoms with Gasteiger partial charge in [-0.2, -0.15) is 0 Å². The molecule has 1 saturated heterocycles. The molecule has 4 aromatic heterocycles. The summed E-state index contributed by atoms with van der Waals surface area (Å²) in [4.78, 5) is 56.1. The Morgan fingerprint density at radius 1 is 0.700 bits per heavy atom. The Balaban J connectivity index is 0.000000266. The number of amides is 2. The number of nitrogens with one attached hydrogen (secondary N) is 2. The van der Waals surface area contributed by atoms with Gasteiger partial charge in [0.25, 0.3) is 11.8 Å². The van der Waals surface area contributed by atoms with Gasteiger partial charge in [-0.05, 0) is 152 Å². The Kier molecular flexibility index (Phi) is 22.7. The molecular formula is C52H65BrMgN6O8S2. The average molecular weight is 1070 g/mol. The summed E-state index contributed by atoms with van der Waals surface area (Å²) < 4.78 is 11.8. The van der Waals surface area contributed by atoms with Gasteiger partial charge in [0.05, 0.1) is 54.4 Å². The summed E-state index contributed by atoms with van der Waals surface area (Å²) in [5.74, 6) is 0.322. The second kappa shape index (κ2) is 27.2. The molecule has 0 radical (unpaired) electrons. The normalized spacial score (nSPS) is 18.6. The van der Waals surface area contributed by atoms with Crippen molar-refractivity contribution in [2.75, 3.05) is 44.2 Å². The zero-order chi connectivity index (χ0) is 47.7. The number of halogens is 1. The number of nitrogens with zero attached hydrogens (tertiary/aromatic N) is 4. The van der Waals surface area contributed by atoms with Gasteiger partial charge < -0.3 is 59.8 Å². The van der Waals surface area contributed by atoms with E-state index in [1.54, 1.807) is 72.9 Å². The topological polar surface area (TPSA) is 206 Å². The van der Waals surface area contributed by atoms with Crippen LogP contribution in [0.1, 0.15) is 148 Å². The van der Waals surface area contributed by atoms with Crippen LogP contribution in [-0.4, -0.2) is 110 Å². The third-order valence-corrected chi connectivity index (χ3v) is 15.0. The predicted octanol–water partition coefficient (Wildman–Crippen LogP) is 6.92. The molecule has 70 heavy (non-hydrogen) atoms. The van der Waals surface area contributed by atoms with Crippen molar-refractivity contribution in [3.8, 4) is 0 Å². The minimum atomic E-state index is -1.14. The van der Waals surface area contributed by atoms with Crippen molar-refractivity contribution < 1.29 is 56.2 Å². The average Bonchev–Trinajstić information content (AvgIpc) is 4.14. The largest absolute Gasteiger partial charge is 2.00 e. The molecule has 2 aromatic carbocycles. The Morgan fingerprint density at radius 2 is 1.14 bits per heavy atom. The van der Waals surface area contributed by atoms with Crippen molar-refractivity contribution in [1.82, 2.24) is 19.9 Å². The number of aromatic nitrogens is 4. The number of aliphatic hydroxyl groups excluding tert-OH is 2. The summed E-state index contributed by atoms with van der Waals surface area (Å²) in [6, 6.07) is 17.8. The molecule has 3 aliphatic rings. The number of aryl methyl sites for hydroxylation is 2. The summed E-state index contributed by atoms with van der Waals surface area (Å²) >= 11 is 3.24. The third-order valence-electron chi connectivity index (χ3n) is 12.6. The molecule has 372 valence electrons. The standard InChI is InChI=1S/C24H29N3O3S.C23H25N3O4S.C4H8O.CH3.BrH.Mg/c1-14-5-4-6-18(25-14)22(29)26-19-12-21-20(11-17(19)24(2,3)30)27-23(31-21)16-9-7-15(13-28)8-10-16;1-13-4-3-5-17(24-13)21(28)25-18-11-20-19(10-16(18)23(29)30-2)26-22(31-20)15-8-6-14(12-27)7-9-15;1-2-4-5-3-1;;;/h4-6,11-12,15-16,28,30H,7-10,13H2,1-3H3,(H,26,29);3-5,10-11,14-15,27H,6-9,12H2,1-2H3,(H,25,28);1-4H2;1H3;1H;/q;;;-1;;+2/p-1. The Morgan fingerprint density at radius 3 is 1.54 bits per heavy atom. The van der Waals surface area contributed by atoms with Crippen LogP contribution in [0.3, 0.4) is 0 Å². The van der Waals surface area contributed by atoms with Crippen LogP contribution < -0.4 is 27.6 Å². The van der Waals surface area contributed by atoms with E-state index in [0.29, 0.717) is 46.3 Å². The van der Waals surface area contributed by atoms with Gasteiger partial charge in [-0.25, -0.2) is 24.7 Å². The number of carbonyl (C=O) groups is 3. The van der Waals surface area contributed by atoms with Gasteiger partial charge >= 0.3 is 29.0 Å². The number of esters is 1. The van der Waals surface area contributed by atoms with E-state index in [1.807, 2.05) is 38.1 Å². The second-order valence-electron chi connectivity index (χ2n) is 18.2. The number of methoxy groups -OCH3 is 1. The molecule has 1 aliphatic heterocycles. The van der Waals surface area contributed by atoms with E-state index in [2.05, 4.69) is 20.6 Å². The predicted molar refractivity (Wildman–Crippen MR) is 275 cm³/mol. The Bertz CT molecular complexity index is 2670. The number of carbonyl (C=O) groups excluding carboxylic acids is 3. The summed E-state index contributed by atoms with van der Waals surface area (Å²) in [7, 11) is 1.31. The van der Waals surface area contributed by atoms with Crippen LogP contribution in [0.5, 0.6) is 0 Å². The molecule has 18 heteroatoms. The van der Waals surface area contributed by atoms with Gasteiger partial charge in [-0.15, -0.1) is 22.7 Å². The number of fused-ring (bicyclic) bond motifs is 2. The van der Waals surface area contributed by atoms with Gasteiger partial charge in [-0.3, -0.25) is 9.59 Å². The molecule has 6 aromatic rings. The molecule has 0 bridgehead atoms. The second-order valence-corrected chi connectivity index (χ2v) is 20.4. The van der Waals surface area contributed by atoms with Gasteiger partial charge in [-0.1, -0.05) is 12.1 Å². The van der Waals surface area contributed by atoms with Crippen LogP contribution in [0.25, 0.3) is 20.4 Å². The Hall–Kier alpha value is -3.98. The minimum Gasteiger partial charge on any atom is -1.00 e. The molecule has 3 fully saturated rings. The maximum absolute atomic E-state index is 12.8. The van der Waals surface area contributed by atoms with Crippen LogP contribution in [0.4, 0.5) is 11.4 Å². The van der Waals surface area contributed by atoms with Crippen LogP contribution >= 0.6 is 22.7 Å². The van der Waals surface area contributed by atoms with E-state index in [-0.39, 0.29) is 83.7 Å². The monoisotopic (exact) mass is 1070 g/mol. The molecule has 2 aliphatic carbocycles. The van der Waals surface area contributed by atoms with E-state index >= 15 is 0 Å². The number of thiazole rings is 2. The summed E-state index contributed by atoms with van der Waals surface area (Å²) in [6.45, 7) is 9.58. The zero-order valence-corrected chi connectivity index (χ0v) is 45.7. The first-order chi connectivity index (χ1) is 32.2. The van der Waals surface area contributed by atoms with Crippen LogP contribution in [0.2, 0.25) is 0 Å².